The van der Waals surface area contributed by atoms with E-state index in [4.69, 9.17) is 5.26 Å². The number of aromatic nitrogens is 3. The number of hydrogen-bond donors (Lipinski definition) is 1. The quantitative estimate of drug-likeness (QED) is 0.747. The van der Waals surface area contributed by atoms with Crippen LogP contribution in [0.2, 0.25) is 0 Å². The summed E-state index contributed by atoms with van der Waals surface area (Å²) in [5.41, 5.74) is 0.0700. The van der Waals surface area contributed by atoms with Crippen molar-refractivity contribution < 1.29 is 18.0 Å². The first kappa shape index (κ1) is 17.9. The number of rotatable bonds is 3. The van der Waals surface area contributed by atoms with Crippen LogP contribution < -0.4 is 5.32 Å². The van der Waals surface area contributed by atoms with Gasteiger partial charge in [-0.05, 0) is 30.5 Å². The Bertz CT molecular complexity index is 1120. The van der Waals surface area contributed by atoms with Crippen molar-refractivity contribution in [3.63, 3.8) is 0 Å². The monoisotopic (exact) mass is 383 g/mol. The number of benzene rings is 1. The number of halogens is 3. The van der Waals surface area contributed by atoms with E-state index in [1.165, 1.54) is 30.7 Å². The average Bonchev–Trinajstić information content (AvgIpc) is 3.46. The average molecular weight is 383 g/mol. The summed E-state index contributed by atoms with van der Waals surface area (Å²) in [6.07, 6.45) is 0.922. The molecule has 1 aromatic carbocycles. The Kier molecular flexibility index (Phi) is 4.00. The van der Waals surface area contributed by atoms with Gasteiger partial charge in [0, 0.05) is 11.8 Å². The molecule has 0 spiro atoms. The fourth-order valence-corrected chi connectivity index (χ4v) is 2.77. The smallest absolute Gasteiger partial charge is 0.332 e. The third kappa shape index (κ3) is 3.24. The van der Waals surface area contributed by atoms with Crippen LogP contribution in [0.1, 0.15) is 28.9 Å². The van der Waals surface area contributed by atoms with Gasteiger partial charge in [0.2, 0.25) is 0 Å². The van der Waals surface area contributed by atoms with Gasteiger partial charge in [-0.15, -0.1) is 0 Å². The Balaban J connectivity index is 1.73. The van der Waals surface area contributed by atoms with E-state index < -0.39 is 23.2 Å². The molecule has 1 N–H and O–H groups in total. The number of nitriles is 1. The molecule has 0 aliphatic heterocycles. The van der Waals surface area contributed by atoms with Gasteiger partial charge in [-0.25, -0.2) is 4.98 Å². The minimum Gasteiger partial charge on any atom is -0.332 e. The van der Waals surface area contributed by atoms with Gasteiger partial charge in [-0.2, -0.15) is 18.4 Å². The maximum atomic E-state index is 12.8. The van der Waals surface area contributed by atoms with Crippen LogP contribution in [0, 0.1) is 11.3 Å². The predicted molar refractivity (Wildman–Crippen MR) is 92.8 cm³/mol. The number of carbonyl (C=O) groups excluding carboxylic acids is 1. The molecule has 0 unspecified atom stereocenters. The Labute approximate surface area is 157 Å². The lowest BCUT2D eigenvalue weighted by molar-refractivity contribution is -0.137. The first-order valence-electron chi connectivity index (χ1n) is 8.33. The molecule has 1 amide bonds. The van der Waals surface area contributed by atoms with Gasteiger partial charge in [-0.3, -0.25) is 14.8 Å². The largest absolute Gasteiger partial charge is 0.416 e. The first-order valence-corrected chi connectivity index (χ1v) is 8.33. The van der Waals surface area contributed by atoms with Crippen molar-refractivity contribution in [1.82, 2.24) is 20.3 Å². The van der Waals surface area contributed by atoms with E-state index in [1.807, 2.05) is 0 Å². The molecule has 1 saturated carbocycles. The molecule has 0 bridgehead atoms. The normalized spacial score (nSPS) is 15.1. The highest BCUT2D eigenvalue weighted by atomic mass is 19.4. The fraction of sp³-hybridized carbons (Fsp3) is 0.211. The molecule has 1 fully saturated rings. The van der Waals surface area contributed by atoms with Crippen LogP contribution in [0.3, 0.4) is 0 Å². The molecule has 3 aromatic rings. The van der Waals surface area contributed by atoms with E-state index in [1.54, 1.807) is 0 Å². The van der Waals surface area contributed by atoms with Crippen LogP contribution in [0.15, 0.2) is 42.9 Å². The van der Waals surface area contributed by atoms with Gasteiger partial charge in [0.05, 0.1) is 24.0 Å². The van der Waals surface area contributed by atoms with E-state index in [0.717, 1.165) is 12.1 Å². The van der Waals surface area contributed by atoms with Crippen molar-refractivity contribution in [3.05, 3.63) is 54.1 Å². The van der Waals surface area contributed by atoms with Crippen LogP contribution in [0.4, 0.5) is 13.2 Å². The van der Waals surface area contributed by atoms with Crippen molar-refractivity contribution in [3.8, 4) is 17.2 Å². The van der Waals surface area contributed by atoms with Crippen molar-refractivity contribution in [2.45, 2.75) is 24.6 Å². The third-order valence-corrected chi connectivity index (χ3v) is 4.53. The molecule has 1 aliphatic rings. The molecule has 1 aliphatic carbocycles. The van der Waals surface area contributed by atoms with Crippen molar-refractivity contribution >= 4 is 16.9 Å². The van der Waals surface area contributed by atoms with Crippen LogP contribution in [0.5, 0.6) is 0 Å². The second-order valence-corrected chi connectivity index (χ2v) is 6.53. The molecule has 0 atom stereocenters. The van der Waals surface area contributed by atoms with Crippen molar-refractivity contribution in [1.29, 1.82) is 5.26 Å². The topological polar surface area (TPSA) is 91.6 Å². The minimum atomic E-state index is -4.43. The molecule has 2 heterocycles. The van der Waals surface area contributed by atoms with Crippen molar-refractivity contribution in [2.75, 3.05) is 0 Å². The minimum absolute atomic E-state index is 0.0217. The summed E-state index contributed by atoms with van der Waals surface area (Å²) in [6, 6.07) is 6.66. The van der Waals surface area contributed by atoms with Crippen LogP contribution in [-0.4, -0.2) is 26.4 Å². The molecule has 140 valence electrons. The Morgan fingerprint density at radius 2 is 1.86 bits per heavy atom. The molecule has 9 heteroatoms. The molecular formula is C19H12F3N5O. The highest BCUT2D eigenvalue weighted by Crippen LogP contribution is 2.35. The van der Waals surface area contributed by atoms with E-state index in [0.29, 0.717) is 35.0 Å². The molecule has 4 rings (SSSR count). The lowest BCUT2D eigenvalue weighted by atomic mass is 10.0. The van der Waals surface area contributed by atoms with Crippen molar-refractivity contribution in [2.24, 2.45) is 0 Å². The summed E-state index contributed by atoms with van der Waals surface area (Å²) < 4.78 is 38.4. The SMILES string of the molecule is N#CC1(NC(=O)c2cnc3cncc(-c4ccc(C(F)(F)F)cc4)c3n2)CC1. The second-order valence-electron chi connectivity index (χ2n) is 6.53. The molecule has 0 saturated heterocycles. The number of alkyl halides is 3. The van der Waals surface area contributed by atoms with Gasteiger partial charge in [0.25, 0.3) is 5.91 Å². The highest BCUT2D eigenvalue weighted by Gasteiger charge is 2.45. The molecular weight excluding hydrogens is 371 g/mol. The number of pyridine rings is 1. The summed E-state index contributed by atoms with van der Waals surface area (Å²) in [6.45, 7) is 0. The first-order chi connectivity index (χ1) is 13.3. The number of hydrogen-bond acceptors (Lipinski definition) is 5. The Morgan fingerprint density at radius 3 is 2.46 bits per heavy atom. The third-order valence-electron chi connectivity index (χ3n) is 4.53. The van der Waals surface area contributed by atoms with Gasteiger partial charge in [0.15, 0.2) is 0 Å². The zero-order valence-corrected chi connectivity index (χ0v) is 14.3. The maximum absolute atomic E-state index is 12.8. The lowest BCUT2D eigenvalue weighted by Crippen LogP contribution is -2.36. The van der Waals surface area contributed by atoms with E-state index in [2.05, 4.69) is 26.3 Å². The number of amides is 1. The lowest BCUT2D eigenvalue weighted by Gasteiger charge is -2.11. The summed E-state index contributed by atoms with van der Waals surface area (Å²) >= 11 is 0. The van der Waals surface area contributed by atoms with Crippen LogP contribution in [0.25, 0.3) is 22.2 Å². The zero-order valence-electron chi connectivity index (χ0n) is 14.3. The number of fused-ring (bicyclic) bond motifs is 1. The van der Waals surface area contributed by atoms with E-state index in [9.17, 15) is 18.0 Å². The van der Waals surface area contributed by atoms with E-state index in [-0.39, 0.29) is 5.69 Å². The summed E-state index contributed by atoms with van der Waals surface area (Å²) in [4.78, 5) is 24.9. The number of nitrogens with one attached hydrogen (secondary N) is 1. The molecule has 2 aromatic heterocycles. The summed E-state index contributed by atoms with van der Waals surface area (Å²) in [5.74, 6) is -0.524. The van der Waals surface area contributed by atoms with Gasteiger partial charge < -0.3 is 5.32 Å². The molecule has 28 heavy (non-hydrogen) atoms. The maximum Gasteiger partial charge on any atom is 0.416 e. The number of nitrogens with zero attached hydrogens (tertiary/aromatic N) is 4. The number of carbonyl (C=O) groups is 1. The fourth-order valence-electron chi connectivity index (χ4n) is 2.77. The standard InChI is InChI=1S/C19H12F3N5O/c20-19(21,22)12-3-1-11(2-4-12)13-7-24-8-14-16(13)26-15(9-25-14)17(28)27-18(10-23)5-6-18/h1-4,7-9H,5-6H2,(H,27,28). The van der Waals surface area contributed by atoms with Gasteiger partial charge in [-0.1, -0.05) is 12.1 Å². The highest BCUT2D eigenvalue weighted by molar-refractivity contribution is 5.97. The Morgan fingerprint density at radius 1 is 1.14 bits per heavy atom. The van der Waals surface area contributed by atoms with Crippen LogP contribution in [-0.2, 0) is 6.18 Å². The summed E-state index contributed by atoms with van der Waals surface area (Å²) in [5, 5.41) is 11.7. The molecule has 0 radical (unpaired) electrons. The van der Waals surface area contributed by atoms with E-state index >= 15 is 0 Å². The molecule has 6 nitrogen and oxygen atoms in total. The second kappa shape index (κ2) is 6.27. The van der Waals surface area contributed by atoms with Gasteiger partial charge in [0.1, 0.15) is 22.3 Å². The zero-order chi connectivity index (χ0) is 19.9. The summed E-state index contributed by atoms with van der Waals surface area (Å²) in [7, 11) is 0. The van der Waals surface area contributed by atoms with Gasteiger partial charge >= 0.3 is 6.18 Å². The Hall–Kier alpha value is -3.54. The van der Waals surface area contributed by atoms with Crippen LogP contribution >= 0.6 is 0 Å². The predicted octanol–water partition coefficient (Wildman–Crippen LogP) is 3.50.